The maximum atomic E-state index is 12.0. The molecule has 0 aliphatic heterocycles. The summed E-state index contributed by atoms with van der Waals surface area (Å²) in [7, 11) is 1.61. The predicted molar refractivity (Wildman–Crippen MR) is 104 cm³/mol. The van der Waals surface area contributed by atoms with E-state index in [0.717, 1.165) is 11.3 Å². The Bertz CT molecular complexity index is 902. The molecule has 0 bridgehead atoms. The molecule has 1 aromatic heterocycles. The van der Waals surface area contributed by atoms with Crippen molar-refractivity contribution >= 4 is 5.91 Å². The number of amides is 1. The smallest absolute Gasteiger partial charge is 0.258 e. The fourth-order valence-corrected chi connectivity index (χ4v) is 2.51. The Labute approximate surface area is 163 Å². The van der Waals surface area contributed by atoms with Crippen molar-refractivity contribution in [3.8, 4) is 22.9 Å². The molecular weight excluding hydrogens is 358 g/mol. The highest BCUT2D eigenvalue weighted by atomic mass is 16.5. The second-order valence-corrected chi connectivity index (χ2v) is 6.53. The molecule has 2 aromatic carbocycles. The zero-order valence-corrected chi connectivity index (χ0v) is 16.1. The average Bonchev–Trinajstić information content (AvgIpc) is 3.20. The van der Waals surface area contributed by atoms with Crippen LogP contribution in [0.1, 0.15) is 31.2 Å². The SMILES string of the molecule is COc1ccc(-c2noc(CNC(=O)COc3ccc(C(C)C)cc3)n2)cc1. The lowest BCUT2D eigenvalue weighted by atomic mass is 10.0. The molecule has 0 aliphatic rings. The Hall–Kier alpha value is -3.35. The standard InChI is InChI=1S/C21H23N3O4/c1-14(2)15-4-10-18(11-5-15)27-13-19(25)22-12-20-23-21(24-28-20)16-6-8-17(26-3)9-7-16/h4-11,14H,12-13H2,1-3H3,(H,22,25). The van der Waals surface area contributed by atoms with E-state index in [2.05, 4.69) is 29.3 Å². The van der Waals surface area contributed by atoms with Crippen molar-refractivity contribution in [3.63, 3.8) is 0 Å². The first kappa shape index (κ1) is 19.4. The van der Waals surface area contributed by atoms with Gasteiger partial charge in [0, 0.05) is 5.56 Å². The fraction of sp³-hybridized carbons (Fsp3) is 0.286. The molecular formula is C21H23N3O4. The Morgan fingerprint density at radius 3 is 2.39 bits per heavy atom. The molecule has 1 heterocycles. The predicted octanol–water partition coefficient (Wildman–Crippen LogP) is 3.56. The first-order chi connectivity index (χ1) is 13.5. The van der Waals surface area contributed by atoms with Crippen LogP contribution in [0.5, 0.6) is 11.5 Å². The van der Waals surface area contributed by atoms with Gasteiger partial charge >= 0.3 is 0 Å². The lowest BCUT2D eigenvalue weighted by Gasteiger charge is -2.08. The number of nitrogens with one attached hydrogen (secondary N) is 1. The molecule has 0 unspecified atom stereocenters. The second-order valence-electron chi connectivity index (χ2n) is 6.53. The van der Waals surface area contributed by atoms with E-state index in [1.165, 1.54) is 5.56 Å². The number of methoxy groups -OCH3 is 1. The highest BCUT2D eigenvalue weighted by Gasteiger charge is 2.10. The summed E-state index contributed by atoms with van der Waals surface area (Å²) >= 11 is 0. The molecule has 3 rings (SSSR count). The molecule has 1 N–H and O–H groups in total. The Kier molecular flexibility index (Phi) is 6.26. The number of aromatic nitrogens is 2. The molecule has 28 heavy (non-hydrogen) atoms. The number of carbonyl (C=O) groups is 1. The second kappa shape index (κ2) is 9.03. The van der Waals surface area contributed by atoms with E-state index in [0.29, 0.717) is 23.4 Å². The molecule has 3 aromatic rings. The average molecular weight is 381 g/mol. The molecule has 0 atom stereocenters. The summed E-state index contributed by atoms with van der Waals surface area (Å²) in [6.07, 6.45) is 0. The van der Waals surface area contributed by atoms with Crippen LogP contribution in [-0.4, -0.2) is 29.8 Å². The Balaban J connectivity index is 1.47. The van der Waals surface area contributed by atoms with Crippen LogP contribution in [0, 0.1) is 0 Å². The van der Waals surface area contributed by atoms with Gasteiger partial charge in [0.05, 0.1) is 13.7 Å². The third-order valence-electron chi connectivity index (χ3n) is 4.17. The zero-order chi connectivity index (χ0) is 19.9. The van der Waals surface area contributed by atoms with E-state index in [4.69, 9.17) is 14.0 Å². The summed E-state index contributed by atoms with van der Waals surface area (Å²) in [5.74, 6) is 2.36. The first-order valence-electron chi connectivity index (χ1n) is 9.01. The number of benzene rings is 2. The van der Waals surface area contributed by atoms with Crippen molar-refractivity contribution < 1.29 is 18.8 Å². The van der Waals surface area contributed by atoms with E-state index < -0.39 is 0 Å². The lowest BCUT2D eigenvalue weighted by Crippen LogP contribution is -2.28. The van der Waals surface area contributed by atoms with Crippen molar-refractivity contribution in [2.24, 2.45) is 0 Å². The van der Waals surface area contributed by atoms with Crippen LogP contribution in [0.2, 0.25) is 0 Å². The van der Waals surface area contributed by atoms with Crippen LogP contribution in [0.15, 0.2) is 53.1 Å². The molecule has 7 nitrogen and oxygen atoms in total. The number of hydrogen-bond donors (Lipinski definition) is 1. The molecule has 0 saturated heterocycles. The number of nitrogens with zero attached hydrogens (tertiary/aromatic N) is 2. The largest absolute Gasteiger partial charge is 0.497 e. The van der Waals surface area contributed by atoms with Gasteiger partial charge in [-0.15, -0.1) is 0 Å². The van der Waals surface area contributed by atoms with E-state index in [1.54, 1.807) is 7.11 Å². The Morgan fingerprint density at radius 2 is 1.75 bits per heavy atom. The quantitative estimate of drug-likeness (QED) is 0.642. The van der Waals surface area contributed by atoms with Gasteiger partial charge < -0.3 is 19.3 Å². The maximum absolute atomic E-state index is 12.0. The van der Waals surface area contributed by atoms with Gasteiger partial charge in [-0.2, -0.15) is 4.98 Å². The molecule has 0 radical (unpaired) electrons. The molecule has 0 spiro atoms. The summed E-state index contributed by atoms with van der Waals surface area (Å²) in [6, 6.07) is 15.0. The normalized spacial score (nSPS) is 10.7. The summed E-state index contributed by atoms with van der Waals surface area (Å²) in [4.78, 5) is 16.3. The molecule has 7 heteroatoms. The summed E-state index contributed by atoms with van der Waals surface area (Å²) in [5.41, 5.74) is 2.02. The zero-order valence-electron chi connectivity index (χ0n) is 16.1. The minimum absolute atomic E-state index is 0.0828. The summed E-state index contributed by atoms with van der Waals surface area (Å²) < 4.78 is 15.8. The van der Waals surface area contributed by atoms with Gasteiger partial charge in [-0.1, -0.05) is 31.1 Å². The maximum Gasteiger partial charge on any atom is 0.258 e. The molecule has 0 saturated carbocycles. The van der Waals surface area contributed by atoms with Gasteiger partial charge in [-0.3, -0.25) is 4.79 Å². The van der Waals surface area contributed by atoms with E-state index in [1.807, 2.05) is 48.5 Å². The van der Waals surface area contributed by atoms with Gasteiger partial charge in [0.2, 0.25) is 11.7 Å². The first-order valence-corrected chi connectivity index (χ1v) is 9.01. The number of hydrogen-bond acceptors (Lipinski definition) is 6. The molecule has 146 valence electrons. The minimum Gasteiger partial charge on any atom is -0.497 e. The number of ether oxygens (including phenoxy) is 2. The van der Waals surface area contributed by atoms with Gasteiger partial charge in [0.25, 0.3) is 5.91 Å². The van der Waals surface area contributed by atoms with Gasteiger partial charge in [0.1, 0.15) is 11.5 Å². The van der Waals surface area contributed by atoms with Gasteiger partial charge in [0.15, 0.2) is 6.61 Å². The summed E-state index contributed by atoms with van der Waals surface area (Å²) in [6.45, 7) is 4.31. The van der Waals surface area contributed by atoms with Crippen LogP contribution < -0.4 is 14.8 Å². The van der Waals surface area contributed by atoms with Crippen LogP contribution in [0.4, 0.5) is 0 Å². The van der Waals surface area contributed by atoms with E-state index in [-0.39, 0.29) is 19.1 Å². The van der Waals surface area contributed by atoms with Gasteiger partial charge in [-0.05, 0) is 47.9 Å². The van der Waals surface area contributed by atoms with Crippen LogP contribution in [0.3, 0.4) is 0 Å². The topological polar surface area (TPSA) is 86.5 Å². The summed E-state index contributed by atoms with van der Waals surface area (Å²) in [5, 5.41) is 6.63. The van der Waals surface area contributed by atoms with Crippen molar-refractivity contribution in [1.29, 1.82) is 0 Å². The van der Waals surface area contributed by atoms with Crippen molar-refractivity contribution in [1.82, 2.24) is 15.5 Å². The third kappa shape index (κ3) is 5.09. The fourth-order valence-electron chi connectivity index (χ4n) is 2.51. The molecule has 0 fully saturated rings. The van der Waals surface area contributed by atoms with Crippen molar-refractivity contribution in [2.75, 3.05) is 13.7 Å². The number of carbonyl (C=O) groups excluding carboxylic acids is 1. The van der Waals surface area contributed by atoms with Crippen molar-refractivity contribution in [3.05, 3.63) is 60.0 Å². The van der Waals surface area contributed by atoms with Crippen LogP contribution >= 0.6 is 0 Å². The van der Waals surface area contributed by atoms with Gasteiger partial charge in [-0.25, -0.2) is 0 Å². The lowest BCUT2D eigenvalue weighted by molar-refractivity contribution is -0.123. The minimum atomic E-state index is -0.267. The van der Waals surface area contributed by atoms with Crippen LogP contribution in [-0.2, 0) is 11.3 Å². The highest BCUT2D eigenvalue weighted by Crippen LogP contribution is 2.20. The molecule has 1 amide bonds. The van der Waals surface area contributed by atoms with E-state index >= 15 is 0 Å². The van der Waals surface area contributed by atoms with E-state index in [9.17, 15) is 4.79 Å². The van der Waals surface area contributed by atoms with Crippen molar-refractivity contribution in [2.45, 2.75) is 26.3 Å². The Morgan fingerprint density at radius 1 is 1.07 bits per heavy atom. The monoisotopic (exact) mass is 381 g/mol. The number of rotatable bonds is 8. The highest BCUT2D eigenvalue weighted by molar-refractivity contribution is 5.77. The third-order valence-corrected chi connectivity index (χ3v) is 4.17. The van der Waals surface area contributed by atoms with Crippen LogP contribution in [0.25, 0.3) is 11.4 Å². The molecule has 0 aliphatic carbocycles.